The monoisotopic (exact) mass is 501 g/mol. The van der Waals surface area contributed by atoms with Gasteiger partial charge in [-0.05, 0) is 31.9 Å². The first kappa shape index (κ1) is 22.7. The molecular formula is C20H32IN5O2. The van der Waals surface area contributed by atoms with Crippen molar-refractivity contribution in [1.29, 1.82) is 0 Å². The van der Waals surface area contributed by atoms with Gasteiger partial charge in [0.15, 0.2) is 5.96 Å². The van der Waals surface area contributed by atoms with Gasteiger partial charge >= 0.3 is 0 Å². The lowest BCUT2D eigenvalue weighted by Crippen LogP contribution is -2.49. The minimum atomic E-state index is 0. The number of carbonyl (C=O) groups is 1. The molecule has 7 nitrogen and oxygen atoms in total. The molecule has 0 saturated carbocycles. The number of rotatable bonds is 6. The predicted octanol–water partition coefficient (Wildman–Crippen LogP) is 1.69. The summed E-state index contributed by atoms with van der Waals surface area (Å²) >= 11 is 0. The third kappa shape index (κ3) is 6.80. The molecule has 28 heavy (non-hydrogen) atoms. The van der Waals surface area contributed by atoms with Crippen LogP contribution in [0.5, 0.6) is 0 Å². The van der Waals surface area contributed by atoms with E-state index in [0.29, 0.717) is 5.96 Å². The lowest BCUT2D eigenvalue weighted by molar-refractivity contribution is -0.129. The Bertz CT molecular complexity index is 614. The van der Waals surface area contributed by atoms with Crippen molar-refractivity contribution in [3.8, 4) is 0 Å². The van der Waals surface area contributed by atoms with Crippen LogP contribution in [0.1, 0.15) is 19.8 Å². The SMILES string of the molecule is CCNC(=NCC(=O)N1CCN(c2ccccc2)CC1)NCC1CCCO1.I. The molecule has 8 heteroatoms. The van der Waals surface area contributed by atoms with Crippen LogP contribution in [-0.2, 0) is 9.53 Å². The van der Waals surface area contributed by atoms with Crippen LogP contribution in [-0.4, -0.2) is 75.3 Å². The Labute approximate surface area is 184 Å². The van der Waals surface area contributed by atoms with Gasteiger partial charge in [-0.3, -0.25) is 4.79 Å². The molecule has 3 rings (SSSR count). The summed E-state index contributed by atoms with van der Waals surface area (Å²) in [4.78, 5) is 21.2. The highest BCUT2D eigenvalue weighted by Gasteiger charge is 2.21. The van der Waals surface area contributed by atoms with Crippen LogP contribution in [0.15, 0.2) is 35.3 Å². The average Bonchev–Trinajstić information content (AvgIpc) is 3.24. The second kappa shape index (κ2) is 12.1. The summed E-state index contributed by atoms with van der Waals surface area (Å²) in [7, 11) is 0. The number of aliphatic imine (C=N–C) groups is 1. The van der Waals surface area contributed by atoms with E-state index in [1.807, 2.05) is 30.0 Å². The quantitative estimate of drug-likeness (QED) is 0.353. The number of nitrogens with zero attached hydrogens (tertiary/aromatic N) is 3. The Hall–Kier alpha value is -1.55. The summed E-state index contributed by atoms with van der Waals surface area (Å²) in [5.41, 5.74) is 1.22. The number of amides is 1. The number of hydrogen-bond donors (Lipinski definition) is 2. The summed E-state index contributed by atoms with van der Waals surface area (Å²) in [5.74, 6) is 0.765. The van der Waals surface area contributed by atoms with E-state index in [4.69, 9.17) is 4.74 Å². The van der Waals surface area contributed by atoms with E-state index >= 15 is 0 Å². The van der Waals surface area contributed by atoms with E-state index in [-0.39, 0.29) is 42.5 Å². The smallest absolute Gasteiger partial charge is 0.244 e. The number of halogens is 1. The number of hydrogen-bond acceptors (Lipinski definition) is 4. The number of para-hydroxylation sites is 1. The molecule has 0 bridgehead atoms. The van der Waals surface area contributed by atoms with E-state index in [2.05, 4.69) is 32.7 Å². The normalized spacial score (nSPS) is 19.9. The number of piperazine rings is 1. The molecule has 156 valence electrons. The first-order valence-electron chi connectivity index (χ1n) is 9.98. The van der Waals surface area contributed by atoms with Gasteiger partial charge in [-0.1, -0.05) is 18.2 Å². The van der Waals surface area contributed by atoms with Crippen molar-refractivity contribution in [3.05, 3.63) is 30.3 Å². The summed E-state index contributed by atoms with van der Waals surface area (Å²) in [6.07, 6.45) is 2.44. The van der Waals surface area contributed by atoms with E-state index in [1.165, 1.54) is 5.69 Å². The minimum Gasteiger partial charge on any atom is -0.376 e. The maximum absolute atomic E-state index is 12.5. The van der Waals surface area contributed by atoms with Crippen LogP contribution < -0.4 is 15.5 Å². The number of anilines is 1. The zero-order valence-electron chi connectivity index (χ0n) is 16.6. The number of guanidine groups is 1. The van der Waals surface area contributed by atoms with Crippen molar-refractivity contribution >= 4 is 41.5 Å². The zero-order valence-corrected chi connectivity index (χ0v) is 18.9. The van der Waals surface area contributed by atoms with Crippen LogP contribution in [0.25, 0.3) is 0 Å². The lowest BCUT2D eigenvalue weighted by atomic mass is 10.2. The second-order valence-electron chi connectivity index (χ2n) is 6.91. The van der Waals surface area contributed by atoms with Gasteiger partial charge < -0.3 is 25.2 Å². The summed E-state index contributed by atoms with van der Waals surface area (Å²) in [6, 6.07) is 10.4. The molecule has 1 aromatic rings. The molecule has 0 aromatic heterocycles. The fourth-order valence-electron chi connectivity index (χ4n) is 3.46. The van der Waals surface area contributed by atoms with Crippen LogP contribution >= 0.6 is 24.0 Å². The molecule has 2 aliphatic rings. The van der Waals surface area contributed by atoms with Crippen molar-refractivity contribution in [2.24, 2.45) is 4.99 Å². The van der Waals surface area contributed by atoms with Gasteiger partial charge in [0.05, 0.1) is 6.10 Å². The van der Waals surface area contributed by atoms with Crippen molar-refractivity contribution < 1.29 is 9.53 Å². The molecule has 2 fully saturated rings. The Balaban J connectivity index is 0.00000280. The molecular weight excluding hydrogens is 469 g/mol. The molecule has 1 atom stereocenters. The molecule has 0 spiro atoms. The molecule has 2 heterocycles. The van der Waals surface area contributed by atoms with E-state index in [0.717, 1.165) is 58.7 Å². The average molecular weight is 501 g/mol. The summed E-state index contributed by atoms with van der Waals surface area (Å²) < 4.78 is 5.62. The first-order chi connectivity index (χ1) is 13.3. The highest BCUT2D eigenvalue weighted by molar-refractivity contribution is 14.0. The molecule has 2 aliphatic heterocycles. The zero-order chi connectivity index (χ0) is 18.9. The predicted molar refractivity (Wildman–Crippen MR) is 124 cm³/mol. The van der Waals surface area contributed by atoms with Crippen molar-refractivity contribution in [3.63, 3.8) is 0 Å². The van der Waals surface area contributed by atoms with E-state index in [9.17, 15) is 4.79 Å². The lowest BCUT2D eigenvalue weighted by Gasteiger charge is -2.36. The fourth-order valence-corrected chi connectivity index (χ4v) is 3.46. The van der Waals surface area contributed by atoms with Gasteiger partial charge in [0.25, 0.3) is 0 Å². The Kier molecular flexibility index (Phi) is 9.83. The highest BCUT2D eigenvalue weighted by Crippen LogP contribution is 2.15. The van der Waals surface area contributed by atoms with Gasteiger partial charge in [0.2, 0.25) is 5.91 Å². The standard InChI is InChI=1S/C20H31N5O2.HI/c1-2-21-20(22-15-18-9-6-14-27-18)23-16-19(26)25-12-10-24(11-13-25)17-7-4-3-5-8-17;/h3-5,7-8,18H,2,6,9-16H2,1H3,(H2,21,22,23);1H. The topological polar surface area (TPSA) is 69.2 Å². The van der Waals surface area contributed by atoms with Gasteiger partial charge in [0, 0.05) is 51.6 Å². The van der Waals surface area contributed by atoms with E-state index in [1.54, 1.807) is 0 Å². The molecule has 0 aliphatic carbocycles. The summed E-state index contributed by atoms with van der Waals surface area (Å²) in [6.45, 7) is 7.73. The number of nitrogens with one attached hydrogen (secondary N) is 2. The molecule has 1 aromatic carbocycles. The van der Waals surface area contributed by atoms with Crippen molar-refractivity contribution in [2.75, 3.05) is 57.3 Å². The molecule has 1 amide bonds. The van der Waals surface area contributed by atoms with Crippen LogP contribution in [0.2, 0.25) is 0 Å². The molecule has 2 N–H and O–H groups in total. The summed E-state index contributed by atoms with van der Waals surface area (Å²) in [5, 5.41) is 6.48. The highest BCUT2D eigenvalue weighted by atomic mass is 127. The minimum absolute atomic E-state index is 0. The number of benzene rings is 1. The third-order valence-corrected chi connectivity index (χ3v) is 4.99. The Morgan fingerprint density at radius 3 is 2.57 bits per heavy atom. The molecule has 1 unspecified atom stereocenters. The van der Waals surface area contributed by atoms with E-state index < -0.39 is 0 Å². The maximum atomic E-state index is 12.5. The Morgan fingerprint density at radius 2 is 1.93 bits per heavy atom. The van der Waals surface area contributed by atoms with Crippen LogP contribution in [0, 0.1) is 0 Å². The third-order valence-electron chi connectivity index (χ3n) is 4.99. The number of ether oxygens (including phenoxy) is 1. The maximum Gasteiger partial charge on any atom is 0.244 e. The first-order valence-corrected chi connectivity index (χ1v) is 9.98. The van der Waals surface area contributed by atoms with Crippen molar-refractivity contribution in [2.45, 2.75) is 25.9 Å². The molecule has 0 radical (unpaired) electrons. The van der Waals surface area contributed by atoms with Crippen molar-refractivity contribution in [1.82, 2.24) is 15.5 Å². The van der Waals surface area contributed by atoms with Crippen LogP contribution in [0.3, 0.4) is 0 Å². The number of carbonyl (C=O) groups excluding carboxylic acids is 1. The largest absolute Gasteiger partial charge is 0.376 e. The van der Waals surface area contributed by atoms with Gasteiger partial charge in [-0.25, -0.2) is 4.99 Å². The fraction of sp³-hybridized carbons (Fsp3) is 0.600. The van der Waals surface area contributed by atoms with Gasteiger partial charge in [-0.2, -0.15) is 0 Å². The van der Waals surface area contributed by atoms with Crippen LogP contribution in [0.4, 0.5) is 5.69 Å². The Morgan fingerprint density at radius 1 is 1.18 bits per heavy atom. The molecule has 2 saturated heterocycles. The second-order valence-corrected chi connectivity index (χ2v) is 6.91. The van der Waals surface area contributed by atoms with Gasteiger partial charge in [0.1, 0.15) is 6.54 Å². The van der Waals surface area contributed by atoms with Gasteiger partial charge in [-0.15, -0.1) is 24.0 Å².